The molecule has 1 unspecified atom stereocenters. The van der Waals surface area contributed by atoms with E-state index < -0.39 is 42.5 Å². The van der Waals surface area contributed by atoms with Gasteiger partial charge in [-0.1, -0.05) is 43.6 Å². The molecule has 10 nitrogen and oxygen atoms in total. The molecule has 1 aliphatic heterocycles. The first kappa shape index (κ1) is 26.5. The lowest BCUT2D eigenvalue weighted by Gasteiger charge is -2.30. The van der Waals surface area contributed by atoms with Crippen LogP contribution in [0.15, 0.2) is 80.9 Å². The van der Waals surface area contributed by atoms with Crippen molar-refractivity contribution in [2.75, 3.05) is 15.4 Å². The van der Waals surface area contributed by atoms with Crippen LogP contribution in [0.4, 0.5) is 17.1 Å². The molecule has 0 aliphatic carbocycles. The molecule has 0 aromatic heterocycles. The zero-order chi connectivity index (χ0) is 27.0. The lowest BCUT2D eigenvalue weighted by molar-refractivity contribution is -0.255. The van der Waals surface area contributed by atoms with E-state index in [0.717, 1.165) is 6.07 Å². The predicted molar refractivity (Wildman–Crippen MR) is 140 cm³/mol. The van der Waals surface area contributed by atoms with Crippen molar-refractivity contribution in [1.82, 2.24) is 0 Å². The highest BCUT2D eigenvalue weighted by atomic mass is 35.5. The number of rotatable bonds is 8. The first-order valence-electron chi connectivity index (χ1n) is 11.0. The van der Waals surface area contributed by atoms with E-state index in [4.69, 9.17) is 11.6 Å². The highest BCUT2D eigenvalue weighted by Gasteiger charge is 2.31. The summed E-state index contributed by atoms with van der Waals surface area (Å²) in [5, 5.41) is 18.5. The number of aromatic carboxylic acids is 1. The van der Waals surface area contributed by atoms with Crippen molar-refractivity contribution in [1.29, 1.82) is 0 Å². The van der Waals surface area contributed by atoms with Gasteiger partial charge in [0.15, 0.2) is 0 Å². The van der Waals surface area contributed by atoms with Crippen LogP contribution in [0, 0.1) is 5.92 Å². The van der Waals surface area contributed by atoms with Gasteiger partial charge in [0.25, 0.3) is 20.0 Å². The summed E-state index contributed by atoms with van der Waals surface area (Å²) in [5.74, 6) is -2.00. The Hall–Kier alpha value is -3.61. The quantitative estimate of drug-likeness (QED) is 0.378. The minimum absolute atomic E-state index is 0.0121. The van der Waals surface area contributed by atoms with Gasteiger partial charge in [0, 0.05) is 22.0 Å². The number of carboxylic acids is 1. The van der Waals surface area contributed by atoms with E-state index >= 15 is 0 Å². The van der Waals surface area contributed by atoms with Gasteiger partial charge in [-0.3, -0.25) is 4.72 Å². The lowest BCUT2D eigenvalue weighted by Crippen LogP contribution is -2.42. The molecule has 4 rings (SSSR count). The van der Waals surface area contributed by atoms with E-state index in [1.54, 1.807) is 32.0 Å². The molecule has 194 valence electrons. The van der Waals surface area contributed by atoms with Gasteiger partial charge in [0.05, 0.1) is 22.6 Å². The standard InChI is InChI=1S/C24H23ClN4O6S2/c1-14(2)22(23-27-17-6-3-4-8-19(17)36(32,33)29-23)26-18-7-5-9-20(21(18)24(30)31)37(34,35)28-16-12-10-15(25)11-13-16/h3-14,22,26,28H,1-2H3,(H,27,29)(H,30,31)/p-1. The Morgan fingerprint density at radius 2 is 1.70 bits per heavy atom. The molecule has 0 amide bonds. The molecule has 0 spiro atoms. The molecule has 13 heteroatoms. The third-order valence-corrected chi connectivity index (χ3v) is 8.56. The Bertz CT molecular complexity index is 1600. The third kappa shape index (κ3) is 5.55. The predicted octanol–water partition coefficient (Wildman–Crippen LogP) is 3.15. The number of amidine groups is 1. The number of sulfonamides is 2. The molecular weight excluding hydrogens is 540 g/mol. The average Bonchev–Trinajstić information content (AvgIpc) is 2.83. The summed E-state index contributed by atoms with van der Waals surface area (Å²) in [7, 11) is -8.38. The highest BCUT2D eigenvalue weighted by Crippen LogP contribution is 2.31. The second kappa shape index (κ2) is 10.0. The zero-order valence-corrected chi connectivity index (χ0v) is 22.0. The van der Waals surface area contributed by atoms with Crippen LogP contribution in [-0.2, 0) is 20.0 Å². The number of carboxylic acid groups (broad SMARTS) is 1. The molecule has 37 heavy (non-hydrogen) atoms. The van der Waals surface area contributed by atoms with Crippen molar-refractivity contribution in [3.8, 4) is 0 Å². The Morgan fingerprint density at radius 3 is 2.35 bits per heavy atom. The number of para-hydroxylation sites is 1. The fourth-order valence-corrected chi connectivity index (χ4v) is 6.37. The molecular formula is C24H22ClN4O6S2-. The van der Waals surface area contributed by atoms with Gasteiger partial charge in [0.1, 0.15) is 10.7 Å². The molecule has 1 heterocycles. The normalized spacial score (nSPS) is 15.2. The molecule has 0 radical (unpaired) electrons. The van der Waals surface area contributed by atoms with Gasteiger partial charge >= 0.3 is 0 Å². The van der Waals surface area contributed by atoms with Gasteiger partial charge < -0.3 is 20.5 Å². The van der Waals surface area contributed by atoms with E-state index in [1.807, 2.05) is 0 Å². The van der Waals surface area contributed by atoms with Crippen molar-refractivity contribution in [3.63, 3.8) is 0 Å². The Labute approximate surface area is 219 Å². The second-order valence-corrected chi connectivity index (χ2v) is 12.2. The number of fused-ring (bicyclic) bond motifs is 1. The fraction of sp³-hybridized carbons (Fsp3) is 0.167. The molecule has 3 aromatic rings. The minimum Gasteiger partial charge on any atom is -0.545 e. The molecule has 1 aliphatic rings. The third-order valence-electron chi connectivity index (χ3n) is 5.53. The van der Waals surface area contributed by atoms with Crippen LogP contribution in [0.1, 0.15) is 24.2 Å². The number of carbonyl (C=O) groups is 1. The number of halogens is 1. The average molecular weight is 562 g/mol. The number of benzene rings is 3. The fourth-order valence-electron chi connectivity index (χ4n) is 3.80. The number of hydrogen-bond donors (Lipinski definition) is 3. The smallest absolute Gasteiger partial charge is 0.286 e. The maximum absolute atomic E-state index is 13.1. The highest BCUT2D eigenvalue weighted by molar-refractivity contribution is 7.92. The first-order valence-corrected chi connectivity index (χ1v) is 14.3. The van der Waals surface area contributed by atoms with Gasteiger partial charge in [-0.25, -0.2) is 8.42 Å². The van der Waals surface area contributed by atoms with Gasteiger partial charge in [0.2, 0.25) is 0 Å². The van der Waals surface area contributed by atoms with E-state index in [9.17, 15) is 26.7 Å². The summed E-state index contributed by atoms with van der Waals surface area (Å²) < 4.78 is 58.0. The molecule has 3 N–H and O–H groups in total. The minimum atomic E-state index is -4.36. The number of nitrogens with zero attached hydrogens (tertiary/aromatic N) is 1. The maximum Gasteiger partial charge on any atom is 0.286 e. The first-order chi connectivity index (χ1) is 17.4. The van der Waals surface area contributed by atoms with E-state index in [2.05, 4.69) is 19.8 Å². The lowest BCUT2D eigenvalue weighted by atomic mass is 10.0. The van der Waals surface area contributed by atoms with Crippen LogP contribution in [0.3, 0.4) is 0 Å². The maximum atomic E-state index is 13.1. The van der Waals surface area contributed by atoms with Crippen molar-refractivity contribution in [2.24, 2.45) is 10.3 Å². The zero-order valence-electron chi connectivity index (χ0n) is 19.6. The van der Waals surface area contributed by atoms with E-state index in [-0.39, 0.29) is 28.0 Å². The molecule has 1 atom stereocenters. The SMILES string of the molecule is CC(C)C(Nc1cccc(S(=O)(=O)Nc2ccc(Cl)cc2)c1C(=O)[O-])C1=NS(=O)(=O)c2ccccc2N1. The Balaban J connectivity index is 1.74. The van der Waals surface area contributed by atoms with Crippen molar-refractivity contribution >= 4 is 60.5 Å². The Morgan fingerprint density at radius 1 is 1.03 bits per heavy atom. The van der Waals surface area contributed by atoms with Crippen LogP contribution in [-0.4, -0.2) is 34.7 Å². The summed E-state index contributed by atoms with van der Waals surface area (Å²) in [6, 6.07) is 15.1. The van der Waals surface area contributed by atoms with Crippen molar-refractivity contribution < 1.29 is 26.7 Å². The molecule has 0 fully saturated rings. The molecule has 0 saturated heterocycles. The van der Waals surface area contributed by atoms with Crippen LogP contribution in [0.2, 0.25) is 5.02 Å². The van der Waals surface area contributed by atoms with Crippen molar-refractivity contribution in [2.45, 2.75) is 29.7 Å². The molecule has 0 bridgehead atoms. The van der Waals surface area contributed by atoms with Crippen LogP contribution < -0.4 is 20.5 Å². The summed E-state index contributed by atoms with van der Waals surface area (Å²) >= 11 is 5.85. The van der Waals surface area contributed by atoms with Crippen LogP contribution in [0.25, 0.3) is 0 Å². The van der Waals surface area contributed by atoms with Crippen LogP contribution >= 0.6 is 11.6 Å². The summed E-state index contributed by atoms with van der Waals surface area (Å²) in [4.78, 5) is 11.7. The monoisotopic (exact) mass is 561 g/mol. The summed E-state index contributed by atoms with van der Waals surface area (Å²) in [5.41, 5.74) is -0.201. The number of nitrogens with one attached hydrogen (secondary N) is 3. The van der Waals surface area contributed by atoms with Gasteiger partial charge in [-0.15, -0.1) is 4.40 Å². The summed E-state index contributed by atoms with van der Waals surface area (Å²) in [6.07, 6.45) is 0. The number of carbonyl (C=O) groups excluding carboxylic acids is 1. The van der Waals surface area contributed by atoms with Gasteiger partial charge in [-0.05, 0) is 54.4 Å². The second-order valence-electron chi connectivity index (χ2n) is 8.52. The topological polar surface area (TPSA) is 157 Å². The number of hydrogen-bond acceptors (Lipinski definition) is 8. The van der Waals surface area contributed by atoms with Gasteiger partial charge in [-0.2, -0.15) is 8.42 Å². The molecule has 3 aromatic carbocycles. The Kier molecular flexibility index (Phi) is 7.18. The summed E-state index contributed by atoms with van der Waals surface area (Å²) in [6.45, 7) is 3.55. The van der Waals surface area contributed by atoms with E-state index in [0.29, 0.717) is 10.7 Å². The largest absolute Gasteiger partial charge is 0.545 e. The number of anilines is 3. The molecule has 0 saturated carbocycles. The van der Waals surface area contributed by atoms with E-state index in [1.165, 1.54) is 42.5 Å². The van der Waals surface area contributed by atoms with Crippen molar-refractivity contribution in [3.05, 3.63) is 77.3 Å². The van der Waals surface area contributed by atoms with Crippen LogP contribution in [0.5, 0.6) is 0 Å².